The van der Waals surface area contributed by atoms with Crippen LogP contribution >= 0.6 is 35.6 Å². The second-order valence-electron chi connectivity index (χ2n) is 6.78. The number of thioether (sulfide) groups is 1. The third-order valence-electron chi connectivity index (χ3n) is 4.70. The summed E-state index contributed by atoms with van der Waals surface area (Å²) in [5.74, 6) is -0.0484. The summed E-state index contributed by atoms with van der Waals surface area (Å²) in [7, 11) is 0. The molecule has 1 amide bonds. The van der Waals surface area contributed by atoms with E-state index in [2.05, 4.69) is 0 Å². The van der Waals surface area contributed by atoms with E-state index in [-0.39, 0.29) is 18.1 Å². The van der Waals surface area contributed by atoms with Gasteiger partial charge in [0, 0.05) is 11.1 Å². The molecule has 1 aliphatic rings. The molecule has 1 fully saturated rings. The molecule has 0 atom stereocenters. The van der Waals surface area contributed by atoms with E-state index in [0.29, 0.717) is 32.1 Å². The lowest BCUT2D eigenvalue weighted by molar-refractivity contribution is -0.122. The molecule has 3 nitrogen and oxygen atoms in total. The van der Waals surface area contributed by atoms with Gasteiger partial charge in [-0.25, -0.2) is 4.39 Å². The van der Waals surface area contributed by atoms with Crippen molar-refractivity contribution >= 4 is 51.9 Å². The fourth-order valence-electron chi connectivity index (χ4n) is 3.09. The lowest BCUT2D eigenvalue weighted by atomic mass is 10.1. The predicted molar refractivity (Wildman–Crippen MR) is 127 cm³/mol. The van der Waals surface area contributed by atoms with Gasteiger partial charge in [-0.2, -0.15) is 0 Å². The molecule has 31 heavy (non-hydrogen) atoms. The molecule has 1 saturated heterocycles. The minimum absolute atomic E-state index is 0.0225. The molecule has 0 spiro atoms. The van der Waals surface area contributed by atoms with Crippen LogP contribution in [-0.4, -0.2) is 15.1 Å². The molecular weight excluding hydrogens is 453 g/mol. The van der Waals surface area contributed by atoms with Crippen LogP contribution in [-0.2, 0) is 17.9 Å². The molecule has 0 unspecified atom stereocenters. The van der Waals surface area contributed by atoms with Crippen LogP contribution in [0.4, 0.5) is 4.39 Å². The zero-order chi connectivity index (χ0) is 21.8. The predicted octanol–water partition coefficient (Wildman–Crippen LogP) is 6.46. The van der Waals surface area contributed by atoms with Crippen LogP contribution < -0.4 is 4.74 Å². The van der Waals surface area contributed by atoms with E-state index in [0.717, 1.165) is 5.56 Å². The van der Waals surface area contributed by atoms with E-state index < -0.39 is 5.82 Å². The van der Waals surface area contributed by atoms with Crippen LogP contribution in [0, 0.1) is 5.82 Å². The number of rotatable bonds is 6. The standard InChI is InChI=1S/C24H17ClFNO2S2/c25-19-10-6-11-20(26)18(19)15-29-21-12-5-4-9-17(21)13-22-23(28)27(24(30)31-22)14-16-7-2-1-3-8-16/h1-13H,14-15H2/b22-13+. The number of amides is 1. The van der Waals surface area contributed by atoms with Gasteiger partial charge in [0.2, 0.25) is 0 Å². The maximum absolute atomic E-state index is 14.1. The molecule has 3 aromatic rings. The number of para-hydroxylation sites is 1. The molecule has 156 valence electrons. The van der Waals surface area contributed by atoms with Crippen molar-refractivity contribution < 1.29 is 13.9 Å². The van der Waals surface area contributed by atoms with E-state index in [9.17, 15) is 9.18 Å². The largest absolute Gasteiger partial charge is 0.488 e. The minimum Gasteiger partial charge on any atom is -0.488 e. The lowest BCUT2D eigenvalue weighted by Gasteiger charge is -2.14. The molecule has 0 N–H and O–H groups in total. The third kappa shape index (κ3) is 4.98. The number of halogens is 2. The fraction of sp³-hybridized carbons (Fsp3) is 0.0833. The highest BCUT2D eigenvalue weighted by molar-refractivity contribution is 8.26. The van der Waals surface area contributed by atoms with Crippen molar-refractivity contribution in [3.05, 3.63) is 105 Å². The number of ether oxygens (including phenoxy) is 1. The smallest absolute Gasteiger partial charge is 0.266 e. The van der Waals surface area contributed by atoms with Crippen LogP contribution in [0.3, 0.4) is 0 Å². The van der Waals surface area contributed by atoms with Crippen LogP contribution in [0.25, 0.3) is 6.08 Å². The molecule has 0 aromatic heterocycles. The normalized spacial score (nSPS) is 15.0. The van der Waals surface area contributed by atoms with E-state index in [1.807, 2.05) is 48.5 Å². The van der Waals surface area contributed by atoms with Gasteiger partial charge in [0.1, 0.15) is 22.5 Å². The Morgan fingerprint density at radius 1 is 1.03 bits per heavy atom. The SMILES string of the molecule is O=C1/C(=C\c2ccccc2OCc2c(F)cccc2Cl)SC(=S)N1Cc1ccccc1. The number of hydrogen-bond acceptors (Lipinski definition) is 4. The zero-order valence-corrected chi connectivity index (χ0v) is 18.6. The Morgan fingerprint density at radius 2 is 1.77 bits per heavy atom. The maximum atomic E-state index is 14.1. The highest BCUT2D eigenvalue weighted by Crippen LogP contribution is 2.35. The van der Waals surface area contributed by atoms with Gasteiger partial charge in [0.05, 0.1) is 16.5 Å². The van der Waals surface area contributed by atoms with Gasteiger partial charge >= 0.3 is 0 Å². The molecule has 4 rings (SSSR count). The Morgan fingerprint density at radius 3 is 2.55 bits per heavy atom. The van der Waals surface area contributed by atoms with Crippen molar-refractivity contribution in [3.8, 4) is 5.75 Å². The molecule has 0 aliphatic carbocycles. The quantitative estimate of drug-likeness (QED) is 0.306. The number of hydrogen-bond donors (Lipinski definition) is 0. The molecule has 0 saturated carbocycles. The lowest BCUT2D eigenvalue weighted by Crippen LogP contribution is -2.27. The van der Waals surface area contributed by atoms with Gasteiger partial charge in [0.25, 0.3) is 5.91 Å². The first-order valence-corrected chi connectivity index (χ1v) is 11.1. The molecule has 1 aliphatic heterocycles. The summed E-state index contributed by atoms with van der Waals surface area (Å²) in [6.45, 7) is 0.401. The summed E-state index contributed by atoms with van der Waals surface area (Å²) < 4.78 is 20.4. The summed E-state index contributed by atoms with van der Waals surface area (Å²) in [5, 5.41) is 0.305. The number of nitrogens with zero attached hydrogens (tertiary/aromatic N) is 1. The molecule has 1 heterocycles. The Hall–Kier alpha value is -2.67. The van der Waals surface area contributed by atoms with Crippen LogP contribution in [0.15, 0.2) is 77.7 Å². The average molecular weight is 470 g/mol. The van der Waals surface area contributed by atoms with Gasteiger partial charge < -0.3 is 4.74 Å². The van der Waals surface area contributed by atoms with Gasteiger partial charge in [-0.3, -0.25) is 9.69 Å². The molecular formula is C24H17ClFNO2S2. The molecule has 0 bridgehead atoms. The molecule has 3 aromatic carbocycles. The van der Waals surface area contributed by atoms with Crippen molar-refractivity contribution in [1.82, 2.24) is 4.90 Å². The highest BCUT2D eigenvalue weighted by Gasteiger charge is 2.32. The van der Waals surface area contributed by atoms with E-state index in [1.54, 1.807) is 29.2 Å². The monoisotopic (exact) mass is 469 g/mol. The average Bonchev–Trinajstić information content (AvgIpc) is 3.02. The first-order chi connectivity index (χ1) is 15.0. The Kier molecular flexibility index (Phi) is 6.70. The van der Waals surface area contributed by atoms with Crippen LogP contribution in [0.2, 0.25) is 5.02 Å². The first-order valence-electron chi connectivity index (χ1n) is 9.47. The van der Waals surface area contributed by atoms with Crippen LogP contribution in [0.5, 0.6) is 5.75 Å². The van der Waals surface area contributed by atoms with Crippen molar-refractivity contribution in [1.29, 1.82) is 0 Å². The van der Waals surface area contributed by atoms with Crippen molar-refractivity contribution in [3.63, 3.8) is 0 Å². The Balaban J connectivity index is 1.54. The summed E-state index contributed by atoms with van der Waals surface area (Å²) in [6.07, 6.45) is 1.75. The zero-order valence-electron chi connectivity index (χ0n) is 16.3. The second kappa shape index (κ2) is 9.64. The van der Waals surface area contributed by atoms with E-state index >= 15 is 0 Å². The van der Waals surface area contributed by atoms with Gasteiger partial charge in [0.15, 0.2) is 0 Å². The summed E-state index contributed by atoms with van der Waals surface area (Å²) in [4.78, 5) is 15.0. The van der Waals surface area contributed by atoms with Crippen molar-refractivity contribution in [2.24, 2.45) is 0 Å². The minimum atomic E-state index is -0.424. The molecule has 7 heteroatoms. The highest BCUT2D eigenvalue weighted by atomic mass is 35.5. The summed E-state index contributed by atoms with van der Waals surface area (Å²) in [6, 6.07) is 21.5. The summed E-state index contributed by atoms with van der Waals surface area (Å²) in [5.41, 5.74) is 1.99. The topological polar surface area (TPSA) is 29.5 Å². The number of benzene rings is 3. The van der Waals surface area contributed by atoms with Crippen molar-refractivity contribution in [2.75, 3.05) is 0 Å². The van der Waals surface area contributed by atoms with Crippen LogP contribution in [0.1, 0.15) is 16.7 Å². The van der Waals surface area contributed by atoms with E-state index in [1.165, 1.54) is 17.8 Å². The van der Waals surface area contributed by atoms with E-state index in [4.69, 9.17) is 28.6 Å². The second-order valence-corrected chi connectivity index (χ2v) is 8.86. The number of carbonyl (C=O) groups is 1. The first kappa shape index (κ1) is 21.6. The third-order valence-corrected chi connectivity index (χ3v) is 6.43. The van der Waals surface area contributed by atoms with Gasteiger partial charge in [-0.15, -0.1) is 0 Å². The van der Waals surface area contributed by atoms with Gasteiger partial charge in [-0.05, 0) is 29.8 Å². The molecule has 0 radical (unpaired) electrons. The summed E-state index contributed by atoms with van der Waals surface area (Å²) >= 11 is 12.8. The fourth-order valence-corrected chi connectivity index (χ4v) is 4.56. The Bertz CT molecular complexity index is 1150. The van der Waals surface area contributed by atoms with Gasteiger partial charge in [-0.1, -0.05) is 90.2 Å². The Labute approximate surface area is 194 Å². The maximum Gasteiger partial charge on any atom is 0.266 e. The number of carbonyl (C=O) groups excluding carboxylic acids is 1. The van der Waals surface area contributed by atoms with Crippen molar-refractivity contribution in [2.45, 2.75) is 13.2 Å². The number of thiocarbonyl (C=S) groups is 1.